The largest absolute Gasteiger partial charge is 0.429 e. The third-order valence-electron chi connectivity index (χ3n) is 7.48. The molecule has 176 valence electrons. The summed E-state index contributed by atoms with van der Waals surface area (Å²) in [6, 6.07) is 12.7. The van der Waals surface area contributed by atoms with Crippen LogP contribution in [0.4, 0.5) is 15.8 Å². The number of likely N-dealkylation sites (tertiary alicyclic amines) is 1. The number of nitrogens with zero attached hydrogens (tertiary/aromatic N) is 3. The second-order valence-corrected chi connectivity index (χ2v) is 9.58. The van der Waals surface area contributed by atoms with E-state index in [1.807, 2.05) is 0 Å². The first-order valence-corrected chi connectivity index (χ1v) is 11.9. The highest BCUT2D eigenvalue weighted by Gasteiger charge is 2.44. The van der Waals surface area contributed by atoms with Gasteiger partial charge < -0.3 is 24.5 Å². The van der Waals surface area contributed by atoms with Crippen LogP contribution in [0.25, 0.3) is 0 Å². The molecule has 1 fully saturated rings. The summed E-state index contributed by atoms with van der Waals surface area (Å²) < 4.78 is 18.6. The normalized spacial score (nSPS) is 23.6. The zero-order chi connectivity index (χ0) is 23.2. The van der Waals surface area contributed by atoms with E-state index in [4.69, 9.17) is 4.74 Å². The molecule has 7 heteroatoms. The number of ether oxygens (including phenoxy) is 1. The molecule has 3 atom stereocenters. The molecule has 1 saturated heterocycles. The van der Waals surface area contributed by atoms with E-state index in [2.05, 4.69) is 39.9 Å². The molecule has 3 aliphatic rings. The van der Waals surface area contributed by atoms with Crippen LogP contribution < -0.4 is 9.80 Å². The van der Waals surface area contributed by atoms with E-state index in [-0.39, 0.29) is 6.42 Å². The third-order valence-corrected chi connectivity index (χ3v) is 7.48. The quantitative estimate of drug-likeness (QED) is 0.534. The number of likely N-dealkylation sites (N-methyl/N-ethyl adjacent to an activating group) is 1. The van der Waals surface area contributed by atoms with Gasteiger partial charge in [0.25, 0.3) is 0 Å². The molecule has 0 aliphatic carbocycles. The van der Waals surface area contributed by atoms with E-state index in [1.165, 1.54) is 48.1 Å². The van der Waals surface area contributed by atoms with Crippen molar-refractivity contribution in [3.8, 4) is 0 Å². The van der Waals surface area contributed by atoms with Gasteiger partial charge in [-0.15, -0.1) is 0 Å². The molecule has 2 aromatic rings. The Morgan fingerprint density at radius 3 is 2.73 bits per heavy atom. The van der Waals surface area contributed by atoms with E-state index >= 15 is 0 Å². The second kappa shape index (κ2) is 8.61. The monoisotopic (exact) mass is 453 g/mol. The van der Waals surface area contributed by atoms with Crippen molar-refractivity contribution in [1.82, 2.24) is 4.90 Å². The van der Waals surface area contributed by atoms with Gasteiger partial charge in [0.05, 0.1) is 11.4 Å². The number of rotatable bonds is 6. The highest BCUT2D eigenvalue weighted by molar-refractivity contribution is 5.80. The average molecular weight is 454 g/mol. The average Bonchev–Trinajstić information content (AvgIpc) is 3.10. The number of hydrogen-bond acceptors (Lipinski definition) is 6. The molecule has 0 radical (unpaired) electrons. The van der Waals surface area contributed by atoms with Crippen LogP contribution in [0.15, 0.2) is 42.5 Å². The Kier molecular flexibility index (Phi) is 5.79. The lowest BCUT2D eigenvalue weighted by Gasteiger charge is -2.41. The van der Waals surface area contributed by atoms with Gasteiger partial charge in [0, 0.05) is 64.1 Å². The van der Waals surface area contributed by atoms with Crippen LogP contribution in [0.3, 0.4) is 0 Å². The predicted molar refractivity (Wildman–Crippen MR) is 126 cm³/mol. The van der Waals surface area contributed by atoms with Crippen LogP contribution in [-0.2, 0) is 15.3 Å². The van der Waals surface area contributed by atoms with Crippen LogP contribution in [0.2, 0.25) is 0 Å². The molecule has 3 aliphatic heterocycles. The van der Waals surface area contributed by atoms with E-state index in [0.29, 0.717) is 23.9 Å². The maximum Gasteiger partial charge on any atom is 0.305 e. The first kappa shape index (κ1) is 22.2. The van der Waals surface area contributed by atoms with Crippen LogP contribution >= 0.6 is 0 Å². The van der Waals surface area contributed by atoms with E-state index < -0.39 is 17.6 Å². The van der Waals surface area contributed by atoms with Crippen molar-refractivity contribution in [2.45, 2.75) is 43.9 Å². The van der Waals surface area contributed by atoms with Crippen LogP contribution in [0.1, 0.15) is 43.2 Å². The lowest BCUT2D eigenvalue weighted by molar-refractivity contribution is -0.216. The van der Waals surface area contributed by atoms with Crippen molar-refractivity contribution in [1.29, 1.82) is 0 Å². The van der Waals surface area contributed by atoms with Gasteiger partial charge in [-0.05, 0) is 55.3 Å². The standard InChI is InChI=1S/C26H32FN3O3/c1-18(31)33-26(32,19-7-9-20(27)10-8-19)12-4-13-29-14-11-23-22(17-29)21-5-3-6-24-25(21)30(23)16-15-28(24)2/h3,5-10,22-23,32H,4,11-17H2,1-2H3. The highest BCUT2D eigenvalue weighted by atomic mass is 19.1. The summed E-state index contributed by atoms with van der Waals surface area (Å²) in [5.74, 6) is -2.20. The maximum atomic E-state index is 13.3. The van der Waals surface area contributed by atoms with Crippen LogP contribution in [0, 0.1) is 5.82 Å². The summed E-state index contributed by atoms with van der Waals surface area (Å²) in [7, 11) is 2.17. The van der Waals surface area contributed by atoms with Crippen molar-refractivity contribution in [2.75, 3.05) is 49.6 Å². The number of hydrogen-bond donors (Lipinski definition) is 1. The van der Waals surface area contributed by atoms with E-state index in [0.717, 1.165) is 39.1 Å². The summed E-state index contributed by atoms with van der Waals surface area (Å²) >= 11 is 0. The topological polar surface area (TPSA) is 56.3 Å². The molecule has 0 aromatic heterocycles. The molecule has 3 heterocycles. The molecular weight excluding hydrogens is 421 g/mol. The number of halogens is 1. The minimum Gasteiger partial charge on any atom is -0.429 e. The van der Waals surface area contributed by atoms with Crippen molar-refractivity contribution in [2.24, 2.45) is 0 Å². The Bertz CT molecular complexity index is 1030. The van der Waals surface area contributed by atoms with E-state index in [1.54, 1.807) is 0 Å². The summed E-state index contributed by atoms with van der Waals surface area (Å²) in [6.45, 7) is 6.23. The highest BCUT2D eigenvalue weighted by Crippen LogP contribution is 2.50. The molecule has 6 nitrogen and oxygen atoms in total. The fourth-order valence-corrected chi connectivity index (χ4v) is 5.92. The lowest BCUT2D eigenvalue weighted by atomic mass is 9.88. The zero-order valence-electron chi connectivity index (χ0n) is 19.3. The third kappa shape index (κ3) is 4.08. The number of anilines is 2. The van der Waals surface area contributed by atoms with Gasteiger partial charge >= 0.3 is 5.97 Å². The van der Waals surface area contributed by atoms with Gasteiger partial charge in [0.2, 0.25) is 5.79 Å². The molecule has 33 heavy (non-hydrogen) atoms. The molecule has 3 unspecified atom stereocenters. The Morgan fingerprint density at radius 2 is 1.97 bits per heavy atom. The van der Waals surface area contributed by atoms with Crippen LogP contribution in [-0.4, -0.2) is 61.8 Å². The first-order valence-electron chi connectivity index (χ1n) is 11.9. The van der Waals surface area contributed by atoms with Crippen molar-refractivity contribution >= 4 is 17.3 Å². The molecule has 0 spiro atoms. The number of carbonyl (C=O) groups is 1. The number of benzene rings is 2. The van der Waals surface area contributed by atoms with Gasteiger partial charge in [-0.3, -0.25) is 4.79 Å². The maximum absolute atomic E-state index is 13.3. The number of fused-ring (bicyclic) bond motifs is 3. The Morgan fingerprint density at radius 1 is 1.18 bits per heavy atom. The molecule has 5 rings (SSSR count). The number of carbonyl (C=O) groups excluding carboxylic acids is 1. The number of aliphatic hydroxyl groups is 1. The van der Waals surface area contributed by atoms with Gasteiger partial charge in [-0.25, -0.2) is 4.39 Å². The minimum atomic E-state index is -1.74. The fourth-order valence-electron chi connectivity index (χ4n) is 5.92. The van der Waals surface area contributed by atoms with Crippen molar-refractivity contribution < 1.29 is 19.0 Å². The Labute approximate surface area is 194 Å². The lowest BCUT2D eigenvalue weighted by Crippen LogP contribution is -2.49. The Hall–Kier alpha value is -2.64. The summed E-state index contributed by atoms with van der Waals surface area (Å²) in [5.41, 5.74) is 4.61. The number of esters is 1. The Balaban J connectivity index is 1.26. The van der Waals surface area contributed by atoms with Crippen molar-refractivity contribution in [3.63, 3.8) is 0 Å². The molecular formula is C26H32FN3O3. The summed E-state index contributed by atoms with van der Waals surface area (Å²) in [4.78, 5) is 19.1. The first-order chi connectivity index (χ1) is 15.9. The molecule has 0 amide bonds. The van der Waals surface area contributed by atoms with Crippen molar-refractivity contribution in [3.05, 3.63) is 59.4 Å². The van der Waals surface area contributed by atoms with Gasteiger partial charge in [-0.2, -0.15) is 0 Å². The number of para-hydroxylation sites is 1. The zero-order valence-corrected chi connectivity index (χ0v) is 19.3. The van der Waals surface area contributed by atoms with Crippen LogP contribution in [0.5, 0.6) is 0 Å². The predicted octanol–water partition coefficient (Wildman–Crippen LogP) is 3.44. The summed E-state index contributed by atoms with van der Waals surface area (Å²) in [6.07, 6.45) is 2.05. The van der Waals surface area contributed by atoms with Gasteiger partial charge in [-0.1, -0.05) is 12.1 Å². The SMILES string of the molecule is CC(=O)OC(O)(CCCN1CCC2C(C1)c1cccc3c1N2CCN3C)c1ccc(F)cc1. The number of piperidine rings is 1. The van der Waals surface area contributed by atoms with E-state index in [9.17, 15) is 14.3 Å². The molecule has 0 bridgehead atoms. The van der Waals surface area contributed by atoms with Gasteiger partial charge in [0.1, 0.15) is 5.82 Å². The minimum absolute atomic E-state index is 0.264. The molecule has 0 saturated carbocycles. The molecule has 2 aromatic carbocycles. The van der Waals surface area contributed by atoms with Gasteiger partial charge in [0.15, 0.2) is 0 Å². The molecule has 1 N–H and O–H groups in total. The fraction of sp³-hybridized carbons (Fsp3) is 0.500. The smallest absolute Gasteiger partial charge is 0.305 e. The second-order valence-electron chi connectivity index (χ2n) is 9.58. The summed E-state index contributed by atoms with van der Waals surface area (Å²) in [5, 5.41) is 11.1.